The minimum Gasteiger partial charge on any atom is -0.480 e. The van der Waals surface area contributed by atoms with Gasteiger partial charge in [-0.25, -0.2) is 4.79 Å². The van der Waals surface area contributed by atoms with Gasteiger partial charge in [0.1, 0.15) is 6.04 Å². The molecule has 2 atom stereocenters. The maximum atomic E-state index is 12.6. The standard InChI is InChI=1S/C14H18N2O3S/c15-8-11(10-4-2-1-3-5-10)13(17)16-6-7-20-9-12(16)14(18)19/h1-5,11-12H,6-9,15H2,(H,18,19). The van der Waals surface area contributed by atoms with E-state index in [9.17, 15) is 14.7 Å². The highest BCUT2D eigenvalue weighted by molar-refractivity contribution is 7.99. The summed E-state index contributed by atoms with van der Waals surface area (Å²) in [6, 6.07) is 8.53. The third-order valence-electron chi connectivity index (χ3n) is 3.43. The van der Waals surface area contributed by atoms with Crippen LogP contribution in [-0.4, -0.2) is 52.5 Å². The number of carbonyl (C=O) groups is 2. The molecule has 5 nitrogen and oxygen atoms in total. The van der Waals surface area contributed by atoms with Crippen molar-refractivity contribution in [3.05, 3.63) is 35.9 Å². The van der Waals surface area contributed by atoms with Crippen molar-refractivity contribution in [1.29, 1.82) is 0 Å². The first-order valence-electron chi connectivity index (χ1n) is 6.51. The second-order valence-corrected chi connectivity index (χ2v) is 5.81. The molecule has 1 aliphatic rings. The Bertz CT molecular complexity index is 481. The topological polar surface area (TPSA) is 83.6 Å². The Labute approximate surface area is 122 Å². The third-order valence-corrected chi connectivity index (χ3v) is 4.46. The molecule has 1 aromatic rings. The minimum atomic E-state index is -0.950. The van der Waals surface area contributed by atoms with Gasteiger partial charge in [-0.05, 0) is 5.56 Å². The lowest BCUT2D eigenvalue weighted by Crippen LogP contribution is -2.52. The Balaban J connectivity index is 2.21. The van der Waals surface area contributed by atoms with E-state index in [1.165, 1.54) is 4.90 Å². The summed E-state index contributed by atoms with van der Waals surface area (Å²) in [6.07, 6.45) is 0. The summed E-state index contributed by atoms with van der Waals surface area (Å²) in [7, 11) is 0. The molecule has 0 saturated carbocycles. The summed E-state index contributed by atoms with van der Waals surface area (Å²) in [4.78, 5) is 25.4. The fourth-order valence-electron chi connectivity index (χ4n) is 2.34. The van der Waals surface area contributed by atoms with Crippen LogP contribution in [0.25, 0.3) is 0 Å². The van der Waals surface area contributed by atoms with Crippen LogP contribution in [0, 0.1) is 0 Å². The van der Waals surface area contributed by atoms with Gasteiger partial charge in [-0.15, -0.1) is 0 Å². The number of hydrogen-bond donors (Lipinski definition) is 2. The molecule has 3 N–H and O–H groups in total. The highest BCUT2D eigenvalue weighted by Crippen LogP contribution is 2.23. The predicted octanol–water partition coefficient (Wildman–Crippen LogP) is 0.758. The van der Waals surface area contributed by atoms with Crippen molar-refractivity contribution in [2.75, 3.05) is 24.6 Å². The maximum Gasteiger partial charge on any atom is 0.327 e. The summed E-state index contributed by atoms with van der Waals surface area (Å²) >= 11 is 1.56. The highest BCUT2D eigenvalue weighted by atomic mass is 32.2. The van der Waals surface area contributed by atoms with Crippen LogP contribution in [0.3, 0.4) is 0 Å². The molecular formula is C14H18N2O3S. The largest absolute Gasteiger partial charge is 0.480 e. The van der Waals surface area contributed by atoms with Crippen molar-refractivity contribution in [2.45, 2.75) is 12.0 Å². The molecule has 20 heavy (non-hydrogen) atoms. The van der Waals surface area contributed by atoms with Gasteiger partial charge < -0.3 is 15.7 Å². The number of benzene rings is 1. The molecule has 1 heterocycles. The maximum absolute atomic E-state index is 12.6. The van der Waals surface area contributed by atoms with Crippen LogP contribution in [0.4, 0.5) is 0 Å². The molecule has 1 aliphatic heterocycles. The zero-order valence-electron chi connectivity index (χ0n) is 11.1. The second-order valence-electron chi connectivity index (χ2n) is 4.66. The second kappa shape index (κ2) is 6.76. The zero-order chi connectivity index (χ0) is 14.5. The van der Waals surface area contributed by atoms with Crippen LogP contribution < -0.4 is 5.73 Å². The lowest BCUT2D eigenvalue weighted by molar-refractivity contribution is -0.149. The average Bonchev–Trinajstić information content (AvgIpc) is 2.49. The zero-order valence-corrected chi connectivity index (χ0v) is 11.9. The first kappa shape index (κ1) is 14.9. The molecule has 1 fully saturated rings. The van der Waals surface area contributed by atoms with E-state index >= 15 is 0 Å². The van der Waals surface area contributed by atoms with E-state index in [0.717, 1.165) is 11.3 Å². The predicted molar refractivity (Wildman–Crippen MR) is 78.7 cm³/mol. The van der Waals surface area contributed by atoms with E-state index in [0.29, 0.717) is 12.3 Å². The van der Waals surface area contributed by atoms with Crippen molar-refractivity contribution in [3.63, 3.8) is 0 Å². The highest BCUT2D eigenvalue weighted by Gasteiger charge is 2.35. The summed E-state index contributed by atoms with van der Waals surface area (Å²) < 4.78 is 0. The van der Waals surface area contributed by atoms with Crippen LogP contribution >= 0.6 is 11.8 Å². The molecule has 108 valence electrons. The fourth-order valence-corrected chi connectivity index (χ4v) is 3.38. The number of thioether (sulfide) groups is 1. The van der Waals surface area contributed by atoms with Gasteiger partial charge in [-0.3, -0.25) is 4.79 Å². The SMILES string of the molecule is NCC(C(=O)N1CCSCC1C(=O)O)c1ccccc1. The molecule has 6 heteroatoms. The number of nitrogens with zero attached hydrogens (tertiary/aromatic N) is 1. The van der Waals surface area contributed by atoms with E-state index in [-0.39, 0.29) is 12.5 Å². The van der Waals surface area contributed by atoms with Gasteiger partial charge in [0.15, 0.2) is 0 Å². The van der Waals surface area contributed by atoms with Crippen LogP contribution in [0.15, 0.2) is 30.3 Å². The normalized spacial score (nSPS) is 20.4. The number of nitrogens with two attached hydrogens (primary N) is 1. The number of rotatable bonds is 4. The first-order valence-corrected chi connectivity index (χ1v) is 7.66. The molecule has 0 aromatic heterocycles. The van der Waals surface area contributed by atoms with Gasteiger partial charge in [0, 0.05) is 24.6 Å². The fraction of sp³-hybridized carbons (Fsp3) is 0.429. The van der Waals surface area contributed by atoms with Gasteiger partial charge in [0.05, 0.1) is 5.92 Å². The summed E-state index contributed by atoms with van der Waals surface area (Å²) in [5.74, 6) is -0.406. The summed E-state index contributed by atoms with van der Waals surface area (Å²) in [6.45, 7) is 0.641. The van der Waals surface area contributed by atoms with E-state index in [1.807, 2.05) is 30.3 Å². The Hall–Kier alpha value is -1.53. The molecule has 2 rings (SSSR count). The molecule has 1 saturated heterocycles. The van der Waals surface area contributed by atoms with Crippen LogP contribution in [0.5, 0.6) is 0 Å². The molecule has 1 amide bonds. The molecule has 2 unspecified atom stereocenters. The quantitative estimate of drug-likeness (QED) is 0.856. The number of carboxylic acid groups (broad SMARTS) is 1. The number of carboxylic acids is 1. The monoisotopic (exact) mass is 294 g/mol. The Morgan fingerprint density at radius 2 is 2.10 bits per heavy atom. The lowest BCUT2D eigenvalue weighted by Gasteiger charge is -2.35. The van der Waals surface area contributed by atoms with Crippen LogP contribution in [0.2, 0.25) is 0 Å². The van der Waals surface area contributed by atoms with Crippen LogP contribution in [0.1, 0.15) is 11.5 Å². The van der Waals surface area contributed by atoms with E-state index in [4.69, 9.17) is 5.73 Å². The van der Waals surface area contributed by atoms with Gasteiger partial charge in [0.25, 0.3) is 0 Å². The first-order chi connectivity index (χ1) is 9.65. The van der Waals surface area contributed by atoms with Crippen molar-refractivity contribution >= 4 is 23.6 Å². The molecule has 0 spiro atoms. The van der Waals surface area contributed by atoms with E-state index in [1.54, 1.807) is 11.8 Å². The Kier molecular flexibility index (Phi) is 5.03. The molecule has 0 radical (unpaired) electrons. The summed E-state index contributed by atoms with van der Waals surface area (Å²) in [5.41, 5.74) is 6.57. The molecule has 1 aromatic carbocycles. The number of carbonyl (C=O) groups excluding carboxylic acids is 1. The summed E-state index contributed by atoms with van der Waals surface area (Å²) in [5, 5.41) is 9.24. The Morgan fingerprint density at radius 3 is 2.70 bits per heavy atom. The third kappa shape index (κ3) is 3.13. The van der Waals surface area contributed by atoms with E-state index in [2.05, 4.69) is 0 Å². The number of aliphatic carboxylic acids is 1. The molecule has 0 bridgehead atoms. The van der Waals surface area contributed by atoms with Gasteiger partial charge in [0.2, 0.25) is 5.91 Å². The van der Waals surface area contributed by atoms with Gasteiger partial charge >= 0.3 is 5.97 Å². The number of hydrogen-bond acceptors (Lipinski definition) is 4. The Morgan fingerprint density at radius 1 is 1.40 bits per heavy atom. The van der Waals surface area contributed by atoms with Crippen molar-refractivity contribution in [3.8, 4) is 0 Å². The van der Waals surface area contributed by atoms with E-state index < -0.39 is 17.9 Å². The van der Waals surface area contributed by atoms with Gasteiger partial charge in [-0.1, -0.05) is 30.3 Å². The van der Waals surface area contributed by atoms with Crippen LogP contribution in [-0.2, 0) is 9.59 Å². The van der Waals surface area contributed by atoms with Gasteiger partial charge in [-0.2, -0.15) is 11.8 Å². The minimum absolute atomic E-state index is 0.179. The van der Waals surface area contributed by atoms with Crippen molar-refractivity contribution in [2.24, 2.45) is 5.73 Å². The number of amides is 1. The molecular weight excluding hydrogens is 276 g/mol. The van der Waals surface area contributed by atoms with Crippen molar-refractivity contribution in [1.82, 2.24) is 4.90 Å². The smallest absolute Gasteiger partial charge is 0.327 e. The average molecular weight is 294 g/mol. The molecule has 0 aliphatic carbocycles. The lowest BCUT2D eigenvalue weighted by atomic mass is 9.97. The van der Waals surface area contributed by atoms with Crippen molar-refractivity contribution < 1.29 is 14.7 Å².